The molecule has 1 fully saturated rings. The fraction of sp³-hybridized carbons (Fsp3) is 1.00. The van der Waals surface area contributed by atoms with Crippen LogP contribution in [0.5, 0.6) is 0 Å². The lowest BCUT2D eigenvalue weighted by molar-refractivity contribution is -0.136. The van der Waals surface area contributed by atoms with Gasteiger partial charge in [0.2, 0.25) is 0 Å². The van der Waals surface area contributed by atoms with Gasteiger partial charge in [-0.1, -0.05) is 20.8 Å². The summed E-state index contributed by atoms with van der Waals surface area (Å²) in [6.07, 6.45) is 2.67. The van der Waals surface area contributed by atoms with Gasteiger partial charge in [0.05, 0.1) is 12.2 Å². The Hall–Kier alpha value is -0.120. The highest BCUT2D eigenvalue weighted by molar-refractivity contribution is 5.00. The zero-order valence-corrected chi connectivity index (χ0v) is 13.2. The molecule has 3 heteroatoms. The molecule has 0 heterocycles. The summed E-state index contributed by atoms with van der Waals surface area (Å²) in [6, 6.07) is 0.420. The predicted octanol–water partition coefficient (Wildman–Crippen LogP) is 2.98. The van der Waals surface area contributed by atoms with Gasteiger partial charge < -0.3 is 14.8 Å². The van der Waals surface area contributed by atoms with Crippen LogP contribution in [-0.4, -0.2) is 37.5 Å². The molecule has 0 saturated heterocycles. The maximum Gasteiger partial charge on any atom is 0.0987 e. The zero-order valence-electron chi connectivity index (χ0n) is 13.2. The Labute approximate surface area is 113 Å². The molecule has 0 bridgehead atoms. The summed E-state index contributed by atoms with van der Waals surface area (Å²) in [5.41, 5.74) is 0.471. The van der Waals surface area contributed by atoms with E-state index < -0.39 is 0 Å². The molecule has 3 nitrogen and oxygen atoms in total. The van der Waals surface area contributed by atoms with Gasteiger partial charge in [0, 0.05) is 25.3 Å². The molecule has 108 valence electrons. The minimum Gasteiger partial charge on any atom is -0.377 e. The molecular weight excluding hydrogens is 226 g/mol. The first-order chi connectivity index (χ1) is 8.18. The number of nitrogens with one attached hydrogen (secondary N) is 1. The maximum atomic E-state index is 5.66. The first-order valence-corrected chi connectivity index (χ1v) is 7.10. The van der Waals surface area contributed by atoms with Crippen LogP contribution in [0.25, 0.3) is 0 Å². The molecule has 1 N–H and O–H groups in total. The van der Waals surface area contributed by atoms with Gasteiger partial charge >= 0.3 is 0 Å². The monoisotopic (exact) mass is 257 g/mol. The third-order valence-corrected chi connectivity index (χ3v) is 3.45. The van der Waals surface area contributed by atoms with Crippen molar-refractivity contribution in [1.82, 2.24) is 5.32 Å². The molecule has 0 radical (unpaired) electrons. The second kappa shape index (κ2) is 5.89. The van der Waals surface area contributed by atoms with Crippen LogP contribution < -0.4 is 5.32 Å². The largest absolute Gasteiger partial charge is 0.377 e. The molecule has 0 aromatic heterocycles. The van der Waals surface area contributed by atoms with Crippen molar-refractivity contribution < 1.29 is 9.47 Å². The van der Waals surface area contributed by atoms with Crippen LogP contribution in [0.4, 0.5) is 0 Å². The number of ether oxygens (including phenoxy) is 2. The van der Waals surface area contributed by atoms with Crippen molar-refractivity contribution >= 4 is 0 Å². The molecule has 0 spiro atoms. The highest BCUT2D eigenvalue weighted by Gasteiger charge is 2.44. The van der Waals surface area contributed by atoms with E-state index in [1.165, 1.54) is 0 Å². The van der Waals surface area contributed by atoms with E-state index in [9.17, 15) is 0 Å². The predicted molar refractivity (Wildman–Crippen MR) is 75.9 cm³/mol. The van der Waals surface area contributed by atoms with Crippen molar-refractivity contribution in [1.29, 1.82) is 0 Å². The van der Waals surface area contributed by atoms with Crippen molar-refractivity contribution in [3.8, 4) is 0 Å². The van der Waals surface area contributed by atoms with E-state index in [0.29, 0.717) is 11.5 Å². The van der Waals surface area contributed by atoms with Crippen molar-refractivity contribution in [2.75, 3.05) is 13.7 Å². The fourth-order valence-electron chi connectivity index (χ4n) is 3.29. The Morgan fingerprint density at radius 3 is 2.22 bits per heavy atom. The lowest BCUT2D eigenvalue weighted by Gasteiger charge is -2.48. The summed E-state index contributed by atoms with van der Waals surface area (Å²) in [4.78, 5) is 0. The van der Waals surface area contributed by atoms with Crippen LogP contribution in [0.15, 0.2) is 0 Å². The van der Waals surface area contributed by atoms with Crippen LogP contribution >= 0.6 is 0 Å². The Balaban J connectivity index is 2.48. The summed E-state index contributed by atoms with van der Waals surface area (Å²) >= 11 is 0. The van der Waals surface area contributed by atoms with E-state index >= 15 is 0 Å². The van der Waals surface area contributed by atoms with E-state index in [0.717, 1.165) is 19.4 Å². The fourth-order valence-corrected chi connectivity index (χ4v) is 3.29. The molecule has 18 heavy (non-hydrogen) atoms. The Morgan fingerprint density at radius 1 is 1.17 bits per heavy atom. The molecule has 1 rings (SSSR count). The Bertz CT molecular complexity index is 258. The average molecular weight is 257 g/mol. The smallest absolute Gasteiger partial charge is 0.0987 e. The highest BCUT2D eigenvalue weighted by Crippen LogP contribution is 2.32. The Kier molecular flexibility index (Phi) is 5.22. The lowest BCUT2D eigenvalue weighted by atomic mass is 9.78. The molecule has 3 unspecified atom stereocenters. The highest BCUT2D eigenvalue weighted by atomic mass is 16.5. The van der Waals surface area contributed by atoms with Gasteiger partial charge in [-0.25, -0.2) is 0 Å². The third-order valence-electron chi connectivity index (χ3n) is 3.45. The van der Waals surface area contributed by atoms with Gasteiger partial charge in [0.1, 0.15) is 0 Å². The number of hydrogen-bond acceptors (Lipinski definition) is 3. The summed E-state index contributed by atoms with van der Waals surface area (Å²) in [5.74, 6) is 0. The van der Waals surface area contributed by atoms with Crippen molar-refractivity contribution in [3.05, 3.63) is 0 Å². The normalized spacial score (nSPS) is 29.2. The first kappa shape index (κ1) is 15.9. The summed E-state index contributed by atoms with van der Waals surface area (Å²) in [7, 11) is 1.78. The van der Waals surface area contributed by atoms with Crippen LogP contribution in [0.3, 0.4) is 0 Å². The van der Waals surface area contributed by atoms with Gasteiger partial charge in [-0.05, 0) is 39.0 Å². The maximum absolute atomic E-state index is 5.66. The van der Waals surface area contributed by atoms with Gasteiger partial charge in [0.15, 0.2) is 0 Å². The summed E-state index contributed by atoms with van der Waals surface area (Å²) < 4.78 is 11.2. The molecule has 0 aromatic rings. The summed E-state index contributed by atoms with van der Waals surface area (Å²) in [6.45, 7) is 14.2. The minimum absolute atomic E-state index is 0.136. The number of rotatable bonds is 6. The average Bonchev–Trinajstić information content (AvgIpc) is 2.12. The topological polar surface area (TPSA) is 30.5 Å². The van der Waals surface area contributed by atoms with Crippen LogP contribution in [0.2, 0.25) is 0 Å². The van der Waals surface area contributed by atoms with E-state index in [1.54, 1.807) is 7.11 Å². The number of methoxy groups -OCH3 is 1. The second-order valence-corrected chi connectivity index (χ2v) is 7.30. The minimum atomic E-state index is 0.136. The molecular formula is C15H31NO2. The standard InChI is InChI=1S/C15H31NO2/c1-8-18-12-9-11(13(12)17-7)16-15(5,6)10-14(2,3)4/h11-13,16H,8-10H2,1-7H3. The second-order valence-electron chi connectivity index (χ2n) is 7.30. The number of hydrogen-bond donors (Lipinski definition) is 1. The first-order valence-electron chi connectivity index (χ1n) is 7.10. The molecule has 0 aliphatic heterocycles. The quantitative estimate of drug-likeness (QED) is 0.793. The van der Waals surface area contributed by atoms with Crippen LogP contribution in [-0.2, 0) is 9.47 Å². The van der Waals surface area contributed by atoms with Crippen LogP contribution in [0.1, 0.15) is 54.4 Å². The zero-order chi connectivity index (χ0) is 14.0. The lowest BCUT2D eigenvalue weighted by Crippen LogP contribution is -2.64. The molecule has 3 atom stereocenters. The molecule has 1 aliphatic carbocycles. The summed E-state index contributed by atoms with van der Waals surface area (Å²) in [5, 5.41) is 3.73. The SMILES string of the molecule is CCOC1CC(NC(C)(C)CC(C)(C)C)C1OC. The third kappa shape index (κ3) is 4.52. The molecule has 0 amide bonds. The van der Waals surface area contributed by atoms with Crippen molar-refractivity contribution in [2.24, 2.45) is 5.41 Å². The van der Waals surface area contributed by atoms with E-state index in [4.69, 9.17) is 9.47 Å². The van der Waals surface area contributed by atoms with Crippen molar-refractivity contribution in [3.63, 3.8) is 0 Å². The van der Waals surface area contributed by atoms with Gasteiger partial charge in [0.25, 0.3) is 0 Å². The molecule has 1 saturated carbocycles. The molecule has 0 aromatic carbocycles. The van der Waals surface area contributed by atoms with Gasteiger partial charge in [-0.15, -0.1) is 0 Å². The van der Waals surface area contributed by atoms with E-state index in [2.05, 4.69) is 39.9 Å². The Morgan fingerprint density at radius 2 is 1.78 bits per heavy atom. The van der Waals surface area contributed by atoms with Gasteiger partial charge in [-0.2, -0.15) is 0 Å². The van der Waals surface area contributed by atoms with Crippen molar-refractivity contribution in [2.45, 2.75) is 78.2 Å². The van der Waals surface area contributed by atoms with Crippen LogP contribution in [0, 0.1) is 5.41 Å². The van der Waals surface area contributed by atoms with E-state index in [-0.39, 0.29) is 17.7 Å². The van der Waals surface area contributed by atoms with Gasteiger partial charge in [-0.3, -0.25) is 0 Å². The molecule has 1 aliphatic rings. The van der Waals surface area contributed by atoms with E-state index in [1.807, 2.05) is 6.92 Å².